The first-order valence-corrected chi connectivity index (χ1v) is 6.11. The van der Waals surface area contributed by atoms with Gasteiger partial charge in [-0.1, -0.05) is 11.8 Å². The lowest BCUT2D eigenvalue weighted by Gasteiger charge is -2.07. The molecule has 2 heterocycles. The number of H-pyrrole nitrogens is 1. The molecular weight excluding hydrogens is 240 g/mol. The summed E-state index contributed by atoms with van der Waals surface area (Å²) < 4.78 is 5.04. The molecule has 6 nitrogen and oxygen atoms in total. The minimum Gasteiger partial charge on any atom is -0.462 e. The molecule has 0 bridgehead atoms. The maximum Gasteiger partial charge on any atom is 0.316 e. The van der Waals surface area contributed by atoms with E-state index in [0.29, 0.717) is 5.65 Å². The summed E-state index contributed by atoms with van der Waals surface area (Å²) in [6.45, 7) is 3.64. The van der Waals surface area contributed by atoms with Gasteiger partial charge in [0.05, 0.1) is 23.4 Å². The van der Waals surface area contributed by atoms with Crippen LogP contribution in [-0.4, -0.2) is 38.0 Å². The summed E-state index contributed by atoms with van der Waals surface area (Å²) in [5.41, 5.74) is 0.666. The molecule has 2 rings (SSSR count). The molecule has 0 aromatic carbocycles. The molecule has 0 saturated carbocycles. The van der Waals surface area contributed by atoms with E-state index in [9.17, 15) is 4.79 Å². The monoisotopic (exact) mass is 252 g/mol. The van der Waals surface area contributed by atoms with Crippen molar-refractivity contribution in [1.82, 2.24) is 20.2 Å². The summed E-state index contributed by atoms with van der Waals surface area (Å²) in [7, 11) is 0. The van der Waals surface area contributed by atoms with Crippen LogP contribution in [-0.2, 0) is 9.53 Å². The zero-order valence-electron chi connectivity index (χ0n) is 9.51. The second-order valence-electron chi connectivity index (χ2n) is 3.64. The predicted molar refractivity (Wildman–Crippen MR) is 63.6 cm³/mol. The molecule has 0 amide bonds. The van der Waals surface area contributed by atoms with Gasteiger partial charge in [-0.3, -0.25) is 9.89 Å². The third kappa shape index (κ3) is 2.94. The molecule has 0 spiro atoms. The van der Waals surface area contributed by atoms with E-state index in [4.69, 9.17) is 4.74 Å². The highest BCUT2D eigenvalue weighted by molar-refractivity contribution is 8.00. The van der Waals surface area contributed by atoms with E-state index in [1.165, 1.54) is 18.1 Å². The van der Waals surface area contributed by atoms with Gasteiger partial charge in [-0.05, 0) is 13.8 Å². The zero-order chi connectivity index (χ0) is 12.3. The van der Waals surface area contributed by atoms with Crippen molar-refractivity contribution >= 4 is 28.8 Å². The van der Waals surface area contributed by atoms with Crippen LogP contribution in [0.3, 0.4) is 0 Å². The van der Waals surface area contributed by atoms with Gasteiger partial charge in [-0.15, -0.1) is 0 Å². The van der Waals surface area contributed by atoms with E-state index in [1.54, 1.807) is 6.20 Å². The number of thioether (sulfide) groups is 1. The first-order valence-electron chi connectivity index (χ1n) is 5.13. The second kappa shape index (κ2) is 5.13. The molecule has 0 unspecified atom stereocenters. The minimum absolute atomic E-state index is 0.0950. The van der Waals surface area contributed by atoms with Crippen molar-refractivity contribution in [3.05, 3.63) is 12.5 Å². The van der Waals surface area contributed by atoms with Crippen molar-refractivity contribution in [2.45, 2.75) is 25.0 Å². The molecular formula is C10H12N4O2S. The number of hydrogen-bond acceptors (Lipinski definition) is 6. The Labute approximate surface area is 102 Å². The summed E-state index contributed by atoms with van der Waals surface area (Å²) in [6.07, 6.45) is 2.99. The first kappa shape index (κ1) is 11.8. The van der Waals surface area contributed by atoms with E-state index < -0.39 is 0 Å². The van der Waals surface area contributed by atoms with Gasteiger partial charge in [0.15, 0.2) is 5.65 Å². The molecule has 0 aliphatic rings. The number of fused-ring (bicyclic) bond motifs is 1. The summed E-state index contributed by atoms with van der Waals surface area (Å²) in [5, 5.41) is 8.17. The van der Waals surface area contributed by atoms with Crippen LogP contribution in [0.5, 0.6) is 0 Å². The lowest BCUT2D eigenvalue weighted by atomic mass is 10.4. The predicted octanol–water partition coefficient (Wildman–Crippen LogP) is 1.40. The van der Waals surface area contributed by atoms with Gasteiger partial charge in [0, 0.05) is 0 Å². The lowest BCUT2D eigenvalue weighted by Crippen LogP contribution is -2.13. The van der Waals surface area contributed by atoms with Crippen LogP contribution in [0, 0.1) is 0 Å². The van der Waals surface area contributed by atoms with Crippen LogP contribution in [0.4, 0.5) is 0 Å². The fourth-order valence-corrected chi connectivity index (χ4v) is 2.03. The van der Waals surface area contributed by atoms with E-state index in [0.717, 1.165) is 10.4 Å². The van der Waals surface area contributed by atoms with Gasteiger partial charge in [0.1, 0.15) is 11.4 Å². The molecule has 0 saturated heterocycles. The van der Waals surface area contributed by atoms with Crippen LogP contribution < -0.4 is 0 Å². The van der Waals surface area contributed by atoms with Crippen molar-refractivity contribution in [1.29, 1.82) is 0 Å². The molecule has 90 valence electrons. The Kier molecular flexibility index (Phi) is 3.58. The number of carbonyl (C=O) groups is 1. The Morgan fingerprint density at radius 1 is 1.53 bits per heavy atom. The Bertz CT molecular complexity index is 526. The van der Waals surface area contributed by atoms with Crippen molar-refractivity contribution in [2.24, 2.45) is 0 Å². The molecule has 17 heavy (non-hydrogen) atoms. The zero-order valence-corrected chi connectivity index (χ0v) is 10.3. The number of rotatable bonds is 4. The molecule has 7 heteroatoms. The number of ether oxygens (including phenoxy) is 1. The summed E-state index contributed by atoms with van der Waals surface area (Å²) >= 11 is 1.32. The maximum absolute atomic E-state index is 11.4. The van der Waals surface area contributed by atoms with Gasteiger partial charge in [-0.2, -0.15) is 5.10 Å². The third-order valence-corrected chi connectivity index (χ3v) is 2.88. The van der Waals surface area contributed by atoms with Crippen molar-refractivity contribution in [3.63, 3.8) is 0 Å². The number of nitrogens with one attached hydrogen (secondary N) is 1. The highest BCUT2D eigenvalue weighted by Crippen LogP contribution is 2.22. The number of carbonyl (C=O) groups excluding carboxylic acids is 1. The standard InChI is InChI=1S/C10H12N4O2S/c1-6(2)16-8(15)4-17-10-7-3-13-14-9(7)11-5-12-10/h3,5-6H,4H2,1-2H3,(H,11,12,13,14). The fourth-order valence-electron chi connectivity index (χ4n) is 1.28. The van der Waals surface area contributed by atoms with Crippen LogP contribution in [0.1, 0.15) is 13.8 Å². The molecule has 2 aromatic heterocycles. The van der Waals surface area contributed by atoms with Gasteiger partial charge in [0.25, 0.3) is 0 Å². The Balaban J connectivity index is 2.04. The van der Waals surface area contributed by atoms with Crippen molar-refractivity contribution < 1.29 is 9.53 Å². The van der Waals surface area contributed by atoms with Crippen LogP contribution in [0.25, 0.3) is 11.0 Å². The van der Waals surface area contributed by atoms with Gasteiger partial charge < -0.3 is 4.74 Å². The molecule has 1 N–H and O–H groups in total. The number of nitrogens with zero attached hydrogens (tertiary/aromatic N) is 3. The van der Waals surface area contributed by atoms with Crippen LogP contribution in [0.2, 0.25) is 0 Å². The number of hydrogen-bond donors (Lipinski definition) is 1. The summed E-state index contributed by atoms with van der Waals surface area (Å²) in [5.74, 6) is -0.0181. The highest BCUT2D eigenvalue weighted by atomic mass is 32.2. The molecule has 0 atom stereocenters. The van der Waals surface area contributed by atoms with Crippen LogP contribution in [0.15, 0.2) is 17.6 Å². The lowest BCUT2D eigenvalue weighted by molar-refractivity contribution is -0.144. The second-order valence-corrected chi connectivity index (χ2v) is 4.60. The van der Waals surface area contributed by atoms with Gasteiger partial charge in [-0.25, -0.2) is 9.97 Å². The Morgan fingerprint density at radius 2 is 2.35 bits per heavy atom. The first-order chi connectivity index (χ1) is 8.16. The largest absolute Gasteiger partial charge is 0.462 e. The molecule has 2 aromatic rings. The van der Waals surface area contributed by atoms with Crippen molar-refractivity contribution in [2.75, 3.05) is 5.75 Å². The topological polar surface area (TPSA) is 80.8 Å². The number of aromatic amines is 1. The van der Waals surface area contributed by atoms with Crippen molar-refractivity contribution in [3.8, 4) is 0 Å². The van der Waals surface area contributed by atoms with E-state index in [2.05, 4.69) is 20.2 Å². The smallest absolute Gasteiger partial charge is 0.316 e. The highest BCUT2D eigenvalue weighted by Gasteiger charge is 2.10. The van der Waals surface area contributed by atoms with Gasteiger partial charge in [0.2, 0.25) is 0 Å². The van der Waals surface area contributed by atoms with E-state index >= 15 is 0 Å². The van der Waals surface area contributed by atoms with E-state index in [-0.39, 0.29) is 17.8 Å². The summed E-state index contributed by atoms with van der Waals surface area (Å²) in [6, 6.07) is 0. The summed E-state index contributed by atoms with van der Waals surface area (Å²) in [4.78, 5) is 19.5. The maximum atomic E-state index is 11.4. The quantitative estimate of drug-likeness (QED) is 0.503. The number of aromatic nitrogens is 4. The Morgan fingerprint density at radius 3 is 3.12 bits per heavy atom. The SMILES string of the molecule is CC(C)OC(=O)CSc1ncnc2[nH]ncc12. The minimum atomic E-state index is -0.250. The molecule has 0 aliphatic carbocycles. The Hall–Kier alpha value is -1.63. The number of esters is 1. The average Bonchev–Trinajstić information content (AvgIpc) is 2.73. The average molecular weight is 252 g/mol. The third-order valence-electron chi connectivity index (χ3n) is 1.91. The van der Waals surface area contributed by atoms with Crippen LogP contribution >= 0.6 is 11.8 Å². The molecule has 0 radical (unpaired) electrons. The molecule has 0 fully saturated rings. The molecule has 0 aliphatic heterocycles. The fraction of sp³-hybridized carbons (Fsp3) is 0.400. The normalized spacial score (nSPS) is 11.0. The van der Waals surface area contributed by atoms with Gasteiger partial charge >= 0.3 is 5.97 Å². The van der Waals surface area contributed by atoms with E-state index in [1.807, 2.05) is 13.8 Å².